The second kappa shape index (κ2) is 8.88. The van der Waals surface area contributed by atoms with Crippen LogP contribution in [-0.2, 0) is 42.9 Å². The summed E-state index contributed by atoms with van der Waals surface area (Å²) in [6.07, 6.45) is -2.47. The number of rotatable bonds is 7. The van der Waals surface area contributed by atoms with E-state index in [0.29, 0.717) is 0 Å². The lowest BCUT2D eigenvalue weighted by Gasteiger charge is -2.41. The topological polar surface area (TPSA) is 122 Å². The molecule has 0 aliphatic carbocycles. The van der Waals surface area contributed by atoms with Crippen molar-refractivity contribution in [3.8, 4) is 0 Å². The lowest BCUT2D eigenvalue weighted by Crippen LogP contribution is -2.59. The molecule has 9 nitrogen and oxygen atoms in total. The highest BCUT2D eigenvalue weighted by Gasteiger charge is 2.58. The lowest BCUT2D eigenvalue weighted by atomic mass is 9.72. The van der Waals surface area contributed by atoms with Gasteiger partial charge in [0.2, 0.25) is 5.41 Å². The van der Waals surface area contributed by atoms with Crippen LogP contribution in [0.15, 0.2) is 0 Å². The fourth-order valence-corrected chi connectivity index (χ4v) is 3.16. The van der Waals surface area contributed by atoms with Crippen LogP contribution in [0.3, 0.4) is 0 Å². The summed E-state index contributed by atoms with van der Waals surface area (Å²) >= 11 is 0. The highest BCUT2D eigenvalue weighted by molar-refractivity contribution is 6.21. The fourth-order valence-electron chi connectivity index (χ4n) is 3.16. The molecule has 26 heavy (non-hydrogen) atoms. The van der Waals surface area contributed by atoms with E-state index in [0.717, 1.165) is 21.0 Å². The zero-order valence-corrected chi connectivity index (χ0v) is 15.5. The molecule has 0 aromatic heterocycles. The van der Waals surface area contributed by atoms with Crippen LogP contribution < -0.4 is 0 Å². The predicted molar refractivity (Wildman–Crippen MR) is 85.9 cm³/mol. The SMILES string of the molecule is COC(=O)C(C(C)=O)(C(C)=O)C1CCC(OC(C)=O)C(COC(C)=O)O1. The first-order chi connectivity index (χ1) is 12.1. The van der Waals surface area contributed by atoms with E-state index in [1.165, 1.54) is 13.8 Å². The average Bonchev–Trinajstić information content (AvgIpc) is 2.53. The van der Waals surface area contributed by atoms with Crippen molar-refractivity contribution in [3.05, 3.63) is 0 Å². The van der Waals surface area contributed by atoms with Crippen LogP contribution in [-0.4, -0.2) is 61.5 Å². The zero-order chi connectivity index (χ0) is 20.1. The monoisotopic (exact) mass is 372 g/mol. The van der Waals surface area contributed by atoms with E-state index < -0.39 is 53.2 Å². The van der Waals surface area contributed by atoms with Crippen LogP contribution in [0.1, 0.15) is 40.5 Å². The summed E-state index contributed by atoms with van der Waals surface area (Å²) in [5.41, 5.74) is -2.12. The zero-order valence-electron chi connectivity index (χ0n) is 15.5. The molecule has 1 rings (SSSR count). The van der Waals surface area contributed by atoms with Crippen LogP contribution >= 0.6 is 0 Å². The Morgan fingerprint density at radius 1 is 0.962 bits per heavy atom. The van der Waals surface area contributed by atoms with Gasteiger partial charge in [0.05, 0.1) is 13.2 Å². The molecule has 0 saturated carbocycles. The number of ketones is 2. The summed E-state index contributed by atoms with van der Waals surface area (Å²) in [4.78, 5) is 59.2. The Kier molecular flexibility index (Phi) is 7.43. The molecule has 0 N–H and O–H groups in total. The molecule has 9 heteroatoms. The maximum atomic E-state index is 12.3. The number of esters is 3. The number of ether oxygens (including phenoxy) is 4. The normalized spacial score (nSPS) is 22.9. The van der Waals surface area contributed by atoms with Gasteiger partial charge in [-0.1, -0.05) is 0 Å². The predicted octanol–water partition coefficient (Wildman–Crippen LogP) is 0.366. The van der Waals surface area contributed by atoms with E-state index in [4.69, 9.17) is 14.2 Å². The van der Waals surface area contributed by atoms with Crippen molar-refractivity contribution < 1.29 is 42.9 Å². The van der Waals surface area contributed by atoms with Crippen molar-refractivity contribution in [2.24, 2.45) is 5.41 Å². The first kappa shape index (κ1) is 21.8. The van der Waals surface area contributed by atoms with Crippen molar-refractivity contribution in [1.82, 2.24) is 0 Å². The fraction of sp³-hybridized carbons (Fsp3) is 0.706. The summed E-state index contributed by atoms with van der Waals surface area (Å²) in [5, 5.41) is 0. The molecule has 0 aromatic rings. The van der Waals surface area contributed by atoms with E-state index >= 15 is 0 Å². The molecule has 1 fully saturated rings. The second-order valence-corrected chi connectivity index (χ2v) is 6.10. The number of methoxy groups -OCH3 is 1. The standard InChI is InChI=1S/C17H24O9/c1-9(18)17(10(2)19,16(22)23-5)15-7-6-13(25-12(4)21)14(26-15)8-24-11(3)20/h13-15H,6-8H2,1-5H3. The molecule has 1 saturated heterocycles. The molecule has 0 amide bonds. The van der Waals surface area contributed by atoms with Crippen LogP contribution in [0.4, 0.5) is 0 Å². The van der Waals surface area contributed by atoms with Crippen LogP contribution in [0.5, 0.6) is 0 Å². The van der Waals surface area contributed by atoms with Crippen molar-refractivity contribution in [2.75, 3.05) is 13.7 Å². The van der Waals surface area contributed by atoms with Crippen molar-refractivity contribution in [2.45, 2.75) is 58.8 Å². The molecule has 146 valence electrons. The molecule has 3 atom stereocenters. The second-order valence-electron chi connectivity index (χ2n) is 6.10. The van der Waals surface area contributed by atoms with Gasteiger partial charge in [-0.15, -0.1) is 0 Å². The van der Waals surface area contributed by atoms with Crippen LogP contribution in [0.25, 0.3) is 0 Å². The van der Waals surface area contributed by atoms with Crippen molar-refractivity contribution in [1.29, 1.82) is 0 Å². The Labute approximate surface area is 151 Å². The molecule has 0 radical (unpaired) electrons. The summed E-state index contributed by atoms with van der Waals surface area (Å²) in [6.45, 7) is 4.39. The third-order valence-electron chi connectivity index (χ3n) is 4.34. The summed E-state index contributed by atoms with van der Waals surface area (Å²) in [6, 6.07) is 0. The third-order valence-corrected chi connectivity index (χ3v) is 4.34. The summed E-state index contributed by atoms with van der Waals surface area (Å²) < 4.78 is 20.5. The highest BCUT2D eigenvalue weighted by Crippen LogP contribution is 2.37. The maximum Gasteiger partial charge on any atom is 0.329 e. The molecule has 1 heterocycles. The van der Waals surface area contributed by atoms with Crippen LogP contribution in [0.2, 0.25) is 0 Å². The molecule has 0 aromatic carbocycles. The van der Waals surface area contributed by atoms with E-state index in [1.807, 2.05) is 0 Å². The van der Waals surface area contributed by atoms with Gasteiger partial charge in [-0.3, -0.25) is 24.0 Å². The number of Topliss-reactive ketones (excluding diaryl/α,β-unsaturated/α-hetero) is 2. The van der Waals surface area contributed by atoms with Gasteiger partial charge < -0.3 is 18.9 Å². The summed E-state index contributed by atoms with van der Waals surface area (Å²) in [5.74, 6) is -3.56. The number of hydrogen-bond acceptors (Lipinski definition) is 9. The van der Waals surface area contributed by atoms with Gasteiger partial charge in [-0.2, -0.15) is 0 Å². The largest absolute Gasteiger partial charge is 0.468 e. The number of carbonyl (C=O) groups is 5. The van der Waals surface area contributed by atoms with E-state index in [9.17, 15) is 24.0 Å². The summed E-state index contributed by atoms with van der Waals surface area (Å²) in [7, 11) is 1.07. The van der Waals surface area contributed by atoms with Gasteiger partial charge in [0.25, 0.3) is 0 Å². The number of carbonyl (C=O) groups excluding carboxylic acids is 5. The van der Waals surface area contributed by atoms with E-state index in [1.54, 1.807) is 0 Å². The maximum absolute atomic E-state index is 12.3. The van der Waals surface area contributed by atoms with Crippen molar-refractivity contribution in [3.63, 3.8) is 0 Å². The number of hydrogen-bond donors (Lipinski definition) is 0. The molecule has 0 bridgehead atoms. The Morgan fingerprint density at radius 3 is 1.96 bits per heavy atom. The van der Waals surface area contributed by atoms with Gasteiger partial charge in [0.15, 0.2) is 11.6 Å². The Balaban J connectivity index is 3.20. The minimum atomic E-state index is -2.12. The van der Waals surface area contributed by atoms with Gasteiger partial charge in [-0.25, -0.2) is 0 Å². The highest BCUT2D eigenvalue weighted by atomic mass is 16.6. The Hall–Kier alpha value is -2.29. The molecule has 0 spiro atoms. The Bertz CT molecular complexity index is 581. The van der Waals surface area contributed by atoms with Gasteiger partial charge in [0.1, 0.15) is 18.8 Å². The van der Waals surface area contributed by atoms with Gasteiger partial charge in [-0.05, 0) is 26.7 Å². The quantitative estimate of drug-likeness (QED) is 0.354. The first-order valence-electron chi connectivity index (χ1n) is 8.13. The third kappa shape index (κ3) is 4.46. The molecule has 1 aliphatic heterocycles. The Morgan fingerprint density at radius 2 is 1.54 bits per heavy atom. The average molecular weight is 372 g/mol. The minimum absolute atomic E-state index is 0.1000. The van der Waals surface area contributed by atoms with E-state index in [2.05, 4.69) is 4.74 Å². The first-order valence-corrected chi connectivity index (χ1v) is 8.13. The molecular weight excluding hydrogens is 348 g/mol. The molecule has 3 unspecified atom stereocenters. The smallest absolute Gasteiger partial charge is 0.329 e. The van der Waals surface area contributed by atoms with Crippen molar-refractivity contribution >= 4 is 29.5 Å². The van der Waals surface area contributed by atoms with Gasteiger partial charge >= 0.3 is 17.9 Å². The minimum Gasteiger partial charge on any atom is -0.468 e. The lowest BCUT2D eigenvalue weighted by molar-refractivity contribution is -0.205. The molecule has 1 aliphatic rings. The van der Waals surface area contributed by atoms with E-state index in [-0.39, 0.29) is 19.4 Å². The molecular formula is C17H24O9. The van der Waals surface area contributed by atoms with Gasteiger partial charge in [0, 0.05) is 13.8 Å². The van der Waals surface area contributed by atoms with Crippen LogP contribution in [0, 0.1) is 5.41 Å².